The van der Waals surface area contributed by atoms with Gasteiger partial charge in [-0.15, -0.1) is 0 Å². The van der Waals surface area contributed by atoms with Gasteiger partial charge in [0.25, 0.3) is 0 Å². The Morgan fingerprint density at radius 2 is 1.78 bits per heavy atom. The lowest BCUT2D eigenvalue weighted by Gasteiger charge is -2.26. The van der Waals surface area contributed by atoms with E-state index in [2.05, 4.69) is 62.1 Å². The third-order valence-corrected chi connectivity index (χ3v) is 3.42. The van der Waals surface area contributed by atoms with Gasteiger partial charge in [-0.2, -0.15) is 0 Å². The SMILES string of the molecule is CCN(CCNC(=NC)NC(C)C(C)C)C(C)C. The van der Waals surface area contributed by atoms with Gasteiger partial charge in [0.1, 0.15) is 0 Å². The Bertz CT molecular complexity index is 236. The fourth-order valence-corrected chi connectivity index (χ4v) is 1.68. The van der Waals surface area contributed by atoms with Crippen LogP contribution < -0.4 is 10.6 Å². The average Bonchev–Trinajstić information content (AvgIpc) is 2.32. The lowest BCUT2D eigenvalue weighted by Crippen LogP contribution is -2.47. The van der Waals surface area contributed by atoms with E-state index >= 15 is 0 Å². The van der Waals surface area contributed by atoms with Crippen molar-refractivity contribution in [2.45, 2.75) is 53.6 Å². The number of aliphatic imine (C=N–C) groups is 1. The van der Waals surface area contributed by atoms with Crippen molar-refractivity contribution in [2.75, 3.05) is 26.7 Å². The van der Waals surface area contributed by atoms with E-state index in [0.29, 0.717) is 18.0 Å². The van der Waals surface area contributed by atoms with Crippen LogP contribution in [-0.2, 0) is 0 Å². The quantitative estimate of drug-likeness (QED) is 0.540. The zero-order valence-electron chi connectivity index (χ0n) is 13.2. The maximum absolute atomic E-state index is 4.25. The lowest BCUT2D eigenvalue weighted by atomic mass is 10.1. The molecule has 1 unspecified atom stereocenters. The van der Waals surface area contributed by atoms with Gasteiger partial charge in [-0.25, -0.2) is 0 Å². The molecule has 0 saturated carbocycles. The molecule has 0 spiro atoms. The van der Waals surface area contributed by atoms with Crippen molar-refractivity contribution in [3.05, 3.63) is 0 Å². The molecule has 0 aliphatic rings. The first-order valence-corrected chi connectivity index (χ1v) is 7.13. The molecule has 4 nitrogen and oxygen atoms in total. The Hall–Kier alpha value is -0.770. The second-order valence-corrected chi connectivity index (χ2v) is 5.40. The topological polar surface area (TPSA) is 39.7 Å². The number of likely N-dealkylation sites (N-methyl/N-ethyl adjacent to an activating group) is 1. The molecule has 1 atom stereocenters. The Labute approximate surface area is 113 Å². The maximum atomic E-state index is 4.25. The maximum Gasteiger partial charge on any atom is 0.191 e. The highest BCUT2D eigenvalue weighted by atomic mass is 15.2. The van der Waals surface area contributed by atoms with E-state index in [0.717, 1.165) is 25.6 Å². The minimum atomic E-state index is 0.434. The zero-order chi connectivity index (χ0) is 14.1. The van der Waals surface area contributed by atoms with E-state index in [1.165, 1.54) is 0 Å². The molecule has 0 aliphatic carbocycles. The van der Waals surface area contributed by atoms with Gasteiger partial charge in [0.05, 0.1) is 0 Å². The minimum Gasteiger partial charge on any atom is -0.355 e. The fourth-order valence-electron chi connectivity index (χ4n) is 1.68. The van der Waals surface area contributed by atoms with Crippen molar-refractivity contribution in [2.24, 2.45) is 10.9 Å². The van der Waals surface area contributed by atoms with Crippen LogP contribution in [0.25, 0.3) is 0 Å². The first kappa shape index (κ1) is 17.2. The summed E-state index contributed by atoms with van der Waals surface area (Å²) in [6.45, 7) is 16.3. The van der Waals surface area contributed by atoms with Crippen LogP contribution in [0.4, 0.5) is 0 Å². The summed E-state index contributed by atoms with van der Waals surface area (Å²) in [5.74, 6) is 1.50. The summed E-state index contributed by atoms with van der Waals surface area (Å²) < 4.78 is 0. The highest BCUT2D eigenvalue weighted by molar-refractivity contribution is 5.79. The van der Waals surface area contributed by atoms with Crippen LogP contribution in [0.15, 0.2) is 4.99 Å². The van der Waals surface area contributed by atoms with Crippen LogP contribution in [0.2, 0.25) is 0 Å². The van der Waals surface area contributed by atoms with Crippen LogP contribution >= 0.6 is 0 Å². The molecule has 2 N–H and O–H groups in total. The molecule has 0 rings (SSSR count). The zero-order valence-corrected chi connectivity index (χ0v) is 13.2. The summed E-state index contributed by atoms with van der Waals surface area (Å²) >= 11 is 0. The normalized spacial score (nSPS) is 14.4. The Kier molecular flexibility index (Phi) is 8.81. The van der Waals surface area contributed by atoms with Crippen LogP contribution in [0.1, 0.15) is 41.5 Å². The third kappa shape index (κ3) is 6.84. The average molecular weight is 256 g/mol. The van der Waals surface area contributed by atoms with Crippen molar-refractivity contribution in [1.29, 1.82) is 0 Å². The number of hydrogen-bond donors (Lipinski definition) is 2. The van der Waals surface area contributed by atoms with Gasteiger partial charge in [0.15, 0.2) is 5.96 Å². The van der Waals surface area contributed by atoms with Crippen molar-refractivity contribution < 1.29 is 0 Å². The van der Waals surface area contributed by atoms with E-state index in [9.17, 15) is 0 Å². The summed E-state index contributed by atoms with van der Waals surface area (Å²) in [7, 11) is 1.82. The van der Waals surface area contributed by atoms with Gasteiger partial charge in [-0.1, -0.05) is 20.8 Å². The number of guanidine groups is 1. The van der Waals surface area contributed by atoms with E-state index in [1.54, 1.807) is 0 Å². The molecule has 0 aromatic carbocycles. The summed E-state index contributed by atoms with van der Waals surface area (Å²) in [5, 5.41) is 6.78. The fraction of sp³-hybridized carbons (Fsp3) is 0.929. The molecule has 4 heteroatoms. The molecule has 108 valence electrons. The van der Waals surface area contributed by atoms with Crippen molar-refractivity contribution >= 4 is 5.96 Å². The second kappa shape index (κ2) is 9.20. The first-order valence-electron chi connectivity index (χ1n) is 7.13. The van der Waals surface area contributed by atoms with Gasteiger partial charge in [-0.05, 0) is 33.2 Å². The van der Waals surface area contributed by atoms with Gasteiger partial charge in [0, 0.05) is 32.2 Å². The summed E-state index contributed by atoms with van der Waals surface area (Å²) in [5.41, 5.74) is 0. The Balaban J connectivity index is 4.02. The van der Waals surface area contributed by atoms with E-state index in [-0.39, 0.29) is 0 Å². The smallest absolute Gasteiger partial charge is 0.191 e. The van der Waals surface area contributed by atoms with Crippen LogP contribution in [-0.4, -0.2) is 49.6 Å². The highest BCUT2D eigenvalue weighted by Crippen LogP contribution is 1.99. The molecule has 0 saturated heterocycles. The van der Waals surface area contributed by atoms with Gasteiger partial charge in [-0.3, -0.25) is 9.89 Å². The molecular formula is C14H32N4. The minimum absolute atomic E-state index is 0.434. The van der Waals surface area contributed by atoms with Crippen molar-refractivity contribution in [1.82, 2.24) is 15.5 Å². The Morgan fingerprint density at radius 1 is 1.17 bits per heavy atom. The van der Waals surface area contributed by atoms with Crippen LogP contribution in [0.3, 0.4) is 0 Å². The van der Waals surface area contributed by atoms with Gasteiger partial charge >= 0.3 is 0 Å². The lowest BCUT2D eigenvalue weighted by molar-refractivity contribution is 0.237. The predicted molar refractivity (Wildman–Crippen MR) is 81.2 cm³/mol. The predicted octanol–water partition coefficient (Wildman–Crippen LogP) is 1.93. The number of rotatable bonds is 7. The number of nitrogens with zero attached hydrogens (tertiary/aromatic N) is 2. The van der Waals surface area contributed by atoms with Gasteiger partial charge in [0.2, 0.25) is 0 Å². The highest BCUT2D eigenvalue weighted by Gasteiger charge is 2.10. The van der Waals surface area contributed by atoms with Crippen molar-refractivity contribution in [3.8, 4) is 0 Å². The molecular weight excluding hydrogens is 224 g/mol. The molecule has 0 heterocycles. The number of hydrogen-bond acceptors (Lipinski definition) is 2. The molecule has 0 aromatic rings. The van der Waals surface area contributed by atoms with E-state index in [4.69, 9.17) is 0 Å². The largest absolute Gasteiger partial charge is 0.355 e. The standard InChI is InChI=1S/C14H32N4/c1-8-18(12(4)5)10-9-16-14(15-7)17-13(6)11(2)3/h11-13H,8-10H2,1-7H3,(H2,15,16,17). The monoisotopic (exact) mass is 256 g/mol. The molecule has 0 amide bonds. The van der Waals surface area contributed by atoms with Gasteiger partial charge < -0.3 is 10.6 Å². The molecule has 0 bridgehead atoms. The summed E-state index contributed by atoms with van der Waals surface area (Å²) in [4.78, 5) is 6.69. The Morgan fingerprint density at radius 3 is 2.17 bits per heavy atom. The summed E-state index contributed by atoms with van der Waals surface area (Å²) in [6, 6.07) is 1.03. The molecule has 0 aromatic heterocycles. The van der Waals surface area contributed by atoms with Crippen molar-refractivity contribution in [3.63, 3.8) is 0 Å². The van der Waals surface area contributed by atoms with E-state index in [1.807, 2.05) is 7.05 Å². The first-order chi connectivity index (χ1) is 8.42. The molecule has 0 radical (unpaired) electrons. The third-order valence-electron chi connectivity index (χ3n) is 3.42. The molecule has 18 heavy (non-hydrogen) atoms. The van der Waals surface area contributed by atoms with Crippen LogP contribution in [0.5, 0.6) is 0 Å². The summed E-state index contributed by atoms with van der Waals surface area (Å²) in [6.07, 6.45) is 0. The molecule has 0 fully saturated rings. The van der Waals surface area contributed by atoms with Crippen LogP contribution in [0, 0.1) is 5.92 Å². The molecule has 0 aliphatic heterocycles. The second-order valence-electron chi connectivity index (χ2n) is 5.40. The van der Waals surface area contributed by atoms with E-state index < -0.39 is 0 Å². The number of nitrogens with one attached hydrogen (secondary N) is 2.